The predicted octanol–water partition coefficient (Wildman–Crippen LogP) is 3.18. The molecular formula is C19H19N5O2. The van der Waals surface area contributed by atoms with Gasteiger partial charge in [-0.05, 0) is 25.0 Å². The highest BCUT2D eigenvalue weighted by Crippen LogP contribution is 2.24. The van der Waals surface area contributed by atoms with Crippen LogP contribution in [0.25, 0.3) is 11.3 Å². The summed E-state index contributed by atoms with van der Waals surface area (Å²) in [7, 11) is 0. The summed E-state index contributed by atoms with van der Waals surface area (Å²) in [6.07, 6.45) is 6.46. The Morgan fingerprint density at radius 3 is 2.62 bits per heavy atom. The van der Waals surface area contributed by atoms with E-state index in [1.807, 2.05) is 41.2 Å². The number of benzene rings is 1. The first-order chi connectivity index (χ1) is 12.8. The van der Waals surface area contributed by atoms with Crippen LogP contribution in [0, 0.1) is 0 Å². The summed E-state index contributed by atoms with van der Waals surface area (Å²) < 4.78 is 7.26. The molecule has 0 spiro atoms. The summed E-state index contributed by atoms with van der Waals surface area (Å²) in [5.41, 5.74) is 1.92. The van der Waals surface area contributed by atoms with Gasteiger partial charge in [-0.2, -0.15) is 0 Å². The molecule has 0 N–H and O–H groups in total. The summed E-state index contributed by atoms with van der Waals surface area (Å²) in [5, 5.41) is 8.55. The first-order valence-corrected chi connectivity index (χ1v) is 8.63. The molecule has 3 aromatic rings. The van der Waals surface area contributed by atoms with Crippen LogP contribution in [-0.4, -0.2) is 44.1 Å². The molecule has 1 aliphatic heterocycles. The van der Waals surface area contributed by atoms with E-state index >= 15 is 0 Å². The van der Waals surface area contributed by atoms with Gasteiger partial charge in [-0.1, -0.05) is 35.5 Å². The van der Waals surface area contributed by atoms with Crippen LogP contribution in [0.1, 0.15) is 18.9 Å². The highest BCUT2D eigenvalue weighted by atomic mass is 16.6. The van der Waals surface area contributed by atoms with E-state index in [9.17, 15) is 4.79 Å². The Morgan fingerprint density at radius 1 is 1.08 bits per heavy atom. The summed E-state index contributed by atoms with van der Waals surface area (Å²) in [6.45, 7) is 1.26. The second kappa shape index (κ2) is 7.35. The summed E-state index contributed by atoms with van der Waals surface area (Å²) in [5.74, 6) is 0.461. The number of ether oxygens (including phenoxy) is 1. The van der Waals surface area contributed by atoms with Crippen molar-refractivity contribution in [2.75, 3.05) is 13.1 Å². The lowest BCUT2D eigenvalue weighted by Gasteiger charge is -2.30. The van der Waals surface area contributed by atoms with Gasteiger partial charge in [0.2, 0.25) is 0 Å². The van der Waals surface area contributed by atoms with E-state index in [-0.39, 0.29) is 12.1 Å². The monoisotopic (exact) mass is 349 g/mol. The number of carbonyl (C=O) groups is 1. The maximum absolute atomic E-state index is 12.2. The highest BCUT2D eigenvalue weighted by Gasteiger charge is 2.26. The number of aromatic nitrogens is 4. The van der Waals surface area contributed by atoms with Gasteiger partial charge in [0.15, 0.2) is 5.75 Å². The predicted molar refractivity (Wildman–Crippen MR) is 95.6 cm³/mol. The quantitative estimate of drug-likeness (QED) is 0.726. The molecule has 132 valence electrons. The number of hydrogen-bond acceptors (Lipinski definition) is 5. The van der Waals surface area contributed by atoms with Gasteiger partial charge < -0.3 is 9.64 Å². The highest BCUT2D eigenvalue weighted by molar-refractivity contribution is 5.70. The van der Waals surface area contributed by atoms with E-state index in [4.69, 9.17) is 4.74 Å². The zero-order valence-corrected chi connectivity index (χ0v) is 14.2. The molecule has 4 rings (SSSR count). The number of pyridine rings is 1. The number of amides is 1. The molecule has 0 atom stereocenters. The summed E-state index contributed by atoms with van der Waals surface area (Å²) in [6, 6.07) is 13.7. The molecule has 7 heteroatoms. The number of rotatable bonds is 3. The smallest absolute Gasteiger partial charge is 0.409 e. The summed E-state index contributed by atoms with van der Waals surface area (Å²) >= 11 is 0. The maximum atomic E-state index is 12.2. The van der Waals surface area contributed by atoms with Crippen LogP contribution >= 0.6 is 0 Å². The summed E-state index contributed by atoms with van der Waals surface area (Å²) in [4.78, 5) is 17.9. The van der Waals surface area contributed by atoms with Crippen LogP contribution in [0.2, 0.25) is 0 Å². The van der Waals surface area contributed by atoms with Gasteiger partial charge in [0.05, 0.1) is 18.4 Å². The Balaban J connectivity index is 1.35. The lowest BCUT2D eigenvalue weighted by Crippen LogP contribution is -2.40. The average molecular weight is 349 g/mol. The van der Waals surface area contributed by atoms with Crippen LogP contribution < -0.4 is 4.74 Å². The first kappa shape index (κ1) is 16.3. The topological polar surface area (TPSA) is 73.1 Å². The van der Waals surface area contributed by atoms with Gasteiger partial charge >= 0.3 is 6.09 Å². The molecule has 1 aromatic carbocycles. The Morgan fingerprint density at radius 2 is 1.88 bits per heavy atom. The van der Waals surface area contributed by atoms with Crippen LogP contribution in [0.5, 0.6) is 5.75 Å². The van der Waals surface area contributed by atoms with Crippen molar-refractivity contribution in [1.29, 1.82) is 0 Å². The van der Waals surface area contributed by atoms with Crippen molar-refractivity contribution in [3.63, 3.8) is 0 Å². The third kappa shape index (κ3) is 3.56. The van der Waals surface area contributed by atoms with E-state index in [0.29, 0.717) is 18.8 Å². The van der Waals surface area contributed by atoms with Crippen molar-refractivity contribution in [2.24, 2.45) is 0 Å². The molecule has 1 amide bonds. The standard InChI is InChI=1S/C19H19N5O2/c25-19(26-17-7-4-10-20-13-17)23-11-8-16(9-12-23)24-14-18(21-22-24)15-5-2-1-3-6-15/h1-7,10,13-14,16H,8-9,11-12H2. The second-order valence-corrected chi connectivity index (χ2v) is 6.22. The number of nitrogens with zero attached hydrogens (tertiary/aromatic N) is 5. The molecular weight excluding hydrogens is 330 g/mol. The number of hydrogen-bond donors (Lipinski definition) is 0. The first-order valence-electron chi connectivity index (χ1n) is 8.63. The molecule has 0 saturated carbocycles. The zero-order valence-electron chi connectivity index (χ0n) is 14.2. The van der Waals surface area contributed by atoms with Gasteiger partial charge in [-0.25, -0.2) is 9.48 Å². The lowest BCUT2D eigenvalue weighted by molar-refractivity contribution is 0.129. The van der Waals surface area contributed by atoms with Crippen LogP contribution in [0.3, 0.4) is 0 Å². The molecule has 7 nitrogen and oxygen atoms in total. The van der Waals surface area contributed by atoms with Crippen LogP contribution in [0.4, 0.5) is 4.79 Å². The molecule has 1 saturated heterocycles. The fourth-order valence-electron chi connectivity index (χ4n) is 3.08. The van der Waals surface area contributed by atoms with Crippen LogP contribution in [-0.2, 0) is 0 Å². The van der Waals surface area contributed by atoms with Gasteiger partial charge in [0, 0.05) is 24.8 Å². The van der Waals surface area contributed by atoms with Gasteiger partial charge in [0.25, 0.3) is 0 Å². The molecule has 0 unspecified atom stereocenters. The Bertz CT molecular complexity index is 858. The molecule has 0 bridgehead atoms. The second-order valence-electron chi connectivity index (χ2n) is 6.22. The Hall–Kier alpha value is -3.22. The van der Waals surface area contributed by atoms with Crippen molar-refractivity contribution < 1.29 is 9.53 Å². The van der Waals surface area contributed by atoms with E-state index in [2.05, 4.69) is 15.3 Å². The normalized spacial score (nSPS) is 15.0. The average Bonchev–Trinajstić information content (AvgIpc) is 3.20. The molecule has 26 heavy (non-hydrogen) atoms. The third-order valence-corrected chi connectivity index (χ3v) is 4.52. The fourth-order valence-corrected chi connectivity index (χ4v) is 3.08. The van der Waals surface area contributed by atoms with Crippen molar-refractivity contribution >= 4 is 6.09 Å². The van der Waals surface area contributed by atoms with Crippen LogP contribution in [0.15, 0.2) is 61.1 Å². The molecule has 0 aliphatic carbocycles. The number of likely N-dealkylation sites (tertiary alicyclic amines) is 1. The zero-order chi connectivity index (χ0) is 17.8. The fraction of sp³-hybridized carbons (Fsp3) is 0.263. The largest absolute Gasteiger partial charge is 0.415 e. The van der Waals surface area contributed by atoms with Gasteiger partial charge in [0.1, 0.15) is 5.69 Å². The Labute approximate surface area is 151 Å². The molecule has 1 fully saturated rings. The van der Waals surface area contributed by atoms with E-state index in [0.717, 1.165) is 24.1 Å². The Kier molecular flexibility index (Phi) is 4.59. The number of carbonyl (C=O) groups excluding carboxylic acids is 1. The van der Waals surface area contributed by atoms with Gasteiger partial charge in [-0.15, -0.1) is 5.10 Å². The van der Waals surface area contributed by atoms with E-state index in [1.165, 1.54) is 6.20 Å². The minimum atomic E-state index is -0.333. The maximum Gasteiger partial charge on any atom is 0.415 e. The van der Waals surface area contributed by atoms with E-state index < -0.39 is 0 Å². The lowest BCUT2D eigenvalue weighted by atomic mass is 10.1. The number of piperidine rings is 1. The molecule has 1 aliphatic rings. The van der Waals surface area contributed by atoms with Crippen molar-refractivity contribution in [3.8, 4) is 17.0 Å². The molecule has 0 radical (unpaired) electrons. The minimum Gasteiger partial charge on any atom is -0.409 e. The molecule has 3 heterocycles. The van der Waals surface area contributed by atoms with Crippen molar-refractivity contribution in [1.82, 2.24) is 24.9 Å². The minimum absolute atomic E-state index is 0.238. The van der Waals surface area contributed by atoms with Crippen molar-refractivity contribution in [3.05, 3.63) is 61.1 Å². The van der Waals surface area contributed by atoms with Crippen molar-refractivity contribution in [2.45, 2.75) is 18.9 Å². The third-order valence-electron chi connectivity index (χ3n) is 4.52. The molecule has 2 aromatic heterocycles. The SMILES string of the molecule is O=C(Oc1cccnc1)N1CCC(n2cc(-c3ccccc3)nn2)CC1. The van der Waals surface area contributed by atoms with E-state index in [1.54, 1.807) is 23.2 Å². The van der Waals surface area contributed by atoms with Gasteiger partial charge in [-0.3, -0.25) is 4.98 Å².